The molecule has 0 bridgehead atoms. The normalized spacial score (nSPS) is 20.8. The van der Waals surface area contributed by atoms with Crippen molar-refractivity contribution in [1.29, 1.82) is 0 Å². The minimum atomic E-state index is -0.0983. The first-order valence-corrected chi connectivity index (χ1v) is 5.90. The Morgan fingerprint density at radius 1 is 1.56 bits per heavy atom. The van der Waals surface area contributed by atoms with Crippen molar-refractivity contribution in [1.82, 2.24) is 5.32 Å². The lowest BCUT2D eigenvalue weighted by Crippen LogP contribution is -2.34. The third-order valence-corrected chi connectivity index (χ3v) is 3.36. The molecule has 1 aromatic carbocycles. The van der Waals surface area contributed by atoms with Gasteiger partial charge in [-0.3, -0.25) is 0 Å². The fraction of sp³-hybridized carbons (Fsp3) is 0.538. The average molecular weight is 223 g/mol. The first-order valence-electron chi connectivity index (χ1n) is 5.90. The number of nitrogens with one attached hydrogen (secondary N) is 1. The Labute approximate surface area is 95.5 Å². The smallest absolute Gasteiger partial charge is 0.126 e. The predicted octanol–water partition coefficient (Wildman–Crippen LogP) is 2.17. The summed E-state index contributed by atoms with van der Waals surface area (Å²) in [7, 11) is 0. The summed E-state index contributed by atoms with van der Waals surface area (Å²) in [5.41, 5.74) is 1.90. The lowest BCUT2D eigenvalue weighted by atomic mass is 10.1. The Kier molecular flexibility index (Phi) is 3.56. The summed E-state index contributed by atoms with van der Waals surface area (Å²) in [6.07, 6.45) is 2.60. The second kappa shape index (κ2) is 4.93. The van der Waals surface area contributed by atoms with Crippen molar-refractivity contribution in [3.8, 4) is 0 Å². The van der Waals surface area contributed by atoms with Crippen LogP contribution in [0.2, 0.25) is 0 Å². The predicted molar refractivity (Wildman–Crippen MR) is 61.8 cm³/mol. The Balaban J connectivity index is 2.14. The second-order valence-corrected chi connectivity index (χ2v) is 4.35. The van der Waals surface area contributed by atoms with Gasteiger partial charge in [0.05, 0.1) is 6.61 Å². The van der Waals surface area contributed by atoms with Gasteiger partial charge in [-0.1, -0.05) is 19.1 Å². The van der Waals surface area contributed by atoms with Gasteiger partial charge in [-0.25, -0.2) is 4.39 Å². The van der Waals surface area contributed by atoms with Crippen LogP contribution in [0.25, 0.3) is 0 Å². The largest absolute Gasteiger partial charge is 0.395 e. The van der Waals surface area contributed by atoms with Gasteiger partial charge in [0.25, 0.3) is 0 Å². The first kappa shape index (κ1) is 11.6. The molecule has 0 saturated heterocycles. The maximum atomic E-state index is 13.5. The lowest BCUT2D eigenvalue weighted by Gasteiger charge is -2.20. The molecule has 2 atom stereocenters. The molecular weight excluding hydrogens is 205 g/mol. The maximum absolute atomic E-state index is 13.5. The summed E-state index contributed by atoms with van der Waals surface area (Å²) >= 11 is 0. The van der Waals surface area contributed by atoms with E-state index < -0.39 is 0 Å². The molecule has 3 heteroatoms. The topological polar surface area (TPSA) is 32.3 Å². The van der Waals surface area contributed by atoms with Crippen LogP contribution in [0.15, 0.2) is 18.2 Å². The highest BCUT2D eigenvalue weighted by Crippen LogP contribution is 2.32. The third-order valence-electron chi connectivity index (χ3n) is 3.36. The molecule has 0 amide bonds. The van der Waals surface area contributed by atoms with Gasteiger partial charge in [-0.2, -0.15) is 0 Å². The molecule has 2 nitrogen and oxygen atoms in total. The molecule has 1 unspecified atom stereocenters. The summed E-state index contributed by atoms with van der Waals surface area (Å²) < 4.78 is 13.5. The van der Waals surface area contributed by atoms with E-state index in [1.807, 2.05) is 13.0 Å². The quantitative estimate of drug-likeness (QED) is 0.820. The van der Waals surface area contributed by atoms with Crippen molar-refractivity contribution in [2.75, 3.05) is 6.61 Å². The number of halogens is 1. The van der Waals surface area contributed by atoms with Crippen molar-refractivity contribution in [3.63, 3.8) is 0 Å². The zero-order valence-corrected chi connectivity index (χ0v) is 9.54. The molecule has 0 aromatic heterocycles. The number of hydrogen-bond acceptors (Lipinski definition) is 2. The fourth-order valence-electron chi connectivity index (χ4n) is 2.37. The SMILES string of the molecule is CC[C@@H](CO)NC1CCc2c(F)cccc21. The van der Waals surface area contributed by atoms with Gasteiger partial charge in [0, 0.05) is 12.1 Å². The second-order valence-electron chi connectivity index (χ2n) is 4.35. The van der Waals surface area contributed by atoms with Gasteiger partial charge in [0.15, 0.2) is 0 Å². The highest BCUT2D eigenvalue weighted by atomic mass is 19.1. The minimum absolute atomic E-state index is 0.0983. The monoisotopic (exact) mass is 223 g/mol. The molecule has 88 valence electrons. The molecule has 0 fully saturated rings. The van der Waals surface area contributed by atoms with Gasteiger partial charge < -0.3 is 10.4 Å². The number of fused-ring (bicyclic) bond motifs is 1. The molecule has 2 rings (SSSR count). The summed E-state index contributed by atoms with van der Waals surface area (Å²) in [6.45, 7) is 2.17. The van der Waals surface area contributed by atoms with E-state index in [1.54, 1.807) is 6.07 Å². The molecule has 1 aliphatic rings. The van der Waals surface area contributed by atoms with Crippen LogP contribution >= 0.6 is 0 Å². The van der Waals surface area contributed by atoms with Gasteiger partial charge >= 0.3 is 0 Å². The van der Waals surface area contributed by atoms with E-state index in [1.165, 1.54) is 6.07 Å². The standard InChI is InChI=1S/C13H18FNO/c1-2-9(8-16)15-13-7-6-10-11(13)4-3-5-12(10)14/h3-5,9,13,15-16H,2,6-8H2,1H3/t9-,13?/m0/s1. The Bertz CT molecular complexity index is 363. The number of aliphatic hydroxyl groups is 1. The van der Waals surface area contributed by atoms with Crippen LogP contribution in [0.4, 0.5) is 4.39 Å². The molecule has 2 N–H and O–H groups in total. The molecule has 0 aliphatic heterocycles. The molecular formula is C13H18FNO. The zero-order valence-electron chi connectivity index (χ0n) is 9.54. The zero-order chi connectivity index (χ0) is 11.5. The van der Waals surface area contributed by atoms with Crippen molar-refractivity contribution in [2.45, 2.75) is 38.3 Å². The van der Waals surface area contributed by atoms with E-state index in [9.17, 15) is 4.39 Å². The van der Waals surface area contributed by atoms with Gasteiger partial charge in [-0.05, 0) is 36.5 Å². The third kappa shape index (κ3) is 2.11. The molecule has 16 heavy (non-hydrogen) atoms. The summed E-state index contributed by atoms with van der Waals surface area (Å²) in [6, 6.07) is 5.56. The van der Waals surface area contributed by atoms with Crippen molar-refractivity contribution >= 4 is 0 Å². The van der Waals surface area contributed by atoms with E-state index in [2.05, 4.69) is 5.32 Å². The fourth-order valence-corrected chi connectivity index (χ4v) is 2.37. The molecule has 0 saturated carbocycles. The van der Waals surface area contributed by atoms with Crippen molar-refractivity contribution in [2.24, 2.45) is 0 Å². The van der Waals surface area contributed by atoms with Crippen molar-refractivity contribution in [3.05, 3.63) is 35.1 Å². The van der Waals surface area contributed by atoms with Gasteiger partial charge in [0.1, 0.15) is 5.82 Å². The highest BCUT2D eigenvalue weighted by molar-refractivity contribution is 5.35. The summed E-state index contributed by atoms with van der Waals surface area (Å²) in [5.74, 6) is -0.0983. The van der Waals surface area contributed by atoms with E-state index in [4.69, 9.17) is 5.11 Å². The number of hydrogen-bond donors (Lipinski definition) is 2. The van der Waals surface area contributed by atoms with Crippen LogP contribution in [0.5, 0.6) is 0 Å². The van der Waals surface area contributed by atoms with E-state index in [-0.39, 0.29) is 24.5 Å². The number of rotatable bonds is 4. The Morgan fingerprint density at radius 3 is 3.06 bits per heavy atom. The maximum Gasteiger partial charge on any atom is 0.126 e. The van der Waals surface area contributed by atoms with Crippen molar-refractivity contribution < 1.29 is 9.50 Å². The number of aliphatic hydroxyl groups excluding tert-OH is 1. The highest BCUT2D eigenvalue weighted by Gasteiger charge is 2.25. The van der Waals surface area contributed by atoms with Crippen LogP contribution in [-0.4, -0.2) is 17.8 Å². The first-order chi connectivity index (χ1) is 7.76. The van der Waals surface area contributed by atoms with Crippen LogP contribution in [0, 0.1) is 5.82 Å². The van der Waals surface area contributed by atoms with Crippen LogP contribution < -0.4 is 5.32 Å². The van der Waals surface area contributed by atoms with Crippen LogP contribution in [0.3, 0.4) is 0 Å². The van der Waals surface area contributed by atoms with Gasteiger partial charge in [-0.15, -0.1) is 0 Å². The van der Waals surface area contributed by atoms with E-state index in [0.717, 1.165) is 30.4 Å². The minimum Gasteiger partial charge on any atom is -0.395 e. The molecule has 0 spiro atoms. The molecule has 1 aromatic rings. The van der Waals surface area contributed by atoms with Crippen LogP contribution in [0.1, 0.15) is 36.9 Å². The Morgan fingerprint density at radius 2 is 2.38 bits per heavy atom. The van der Waals surface area contributed by atoms with E-state index >= 15 is 0 Å². The molecule has 0 heterocycles. The van der Waals surface area contributed by atoms with Gasteiger partial charge in [0.2, 0.25) is 0 Å². The summed E-state index contributed by atoms with van der Waals surface area (Å²) in [5, 5.41) is 12.5. The van der Waals surface area contributed by atoms with Crippen LogP contribution in [-0.2, 0) is 6.42 Å². The van der Waals surface area contributed by atoms with E-state index in [0.29, 0.717) is 0 Å². The lowest BCUT2D eigenvalue weighted by molar-refractivity contribution is 0.227. The summed E-state index contributed by atoms with van der Waals surface area (Å²) in [4.78, 5) is 0. The Hall–Kier alpha value is -0.930. The average Bonchev–Trinajstić information content (AvgIpc) is 2.71. The number of benzene rings is 1. The molecule has 0 radical (unpaired) electrons. The molecule has 1 aliphatic carbocycles.